The van der Waals surface area contributed by atoms with Crippen LogP contribution >= 0.6 is 0 Å². The lowest BCUT2D eigenvalue weighted by atomic mass is 9.92. The van der Waals surface area contributed by atoms with E-state index in [0.717, 1.165) is 36.3 Å². The van der Waals surface area contributed by atoms with Crippen molar-refractivity contribution in [2.24, 2.45) is 0 Å². The summed E-state index contributed by atoms with van der Waals surface area (Å²) in [5.41, 5.74) is 3.08. The van der Waals surface area contributed by atoms with Gasteiger partial charge in [-0.25, -0.2) is 4.68 Å². The Hall–Kier alpha value is -3.56. The molecular weight excluding hydrogens is 468 g/mol. The van der Waals surface area contributed by atoms with Crippen LogP contribution in [-0.4, -0.2) is 77.9 Å². The van der Waals surface area contributed by atoms with E-state index in [1.165, 1.54) is 0 Å². The van der Waals surface area contributed by atoms with Crippen molar-refractivity contribution in [3.8, 4) is 17.1 Å². The third-order valence-corrected chi connectivity index (χ3v) is 7.07. The number of carboxylic acid groups (broad SMARTS) is 1. The highest BCUT2D eigenvalue weighted by Gasteiger charge is 2.34. The van der Waals surface area contributed by atoms with Crippen molar-refractivity contribution in [1.29, 1.82) is 0 Å². The van der Waals surface area contributed by atoms with Gasteiger partial charge in [0.25, 0.3) is 0 Å². The number of aromatic hydroxyl groups is 1. The van der Waals surface area contributed by atoms with Gasteiger partial charge in [0.1, 0.15) is 5.75 Å². The number of hydrogen-bond donors (Lipinski definition) is 2. The molecule has 9 nitrogen and oxygen atoms in total. The number of unbranched alkanes of at least 4 members (excludes halogenated alkanes) is 1. The molecule has 0 spiro atoms. The van der Waals surface area contributed by atoms with Crippen LogP contribution in [0.15, 0.2) is 61.2 Å². The molecule has 1 aromatic heterocycles. The van der Waals surface area contributed by atoms with Crippen molar-refractivity contribution in [2.75, 3.05) is 19.6 Å². The fourth-order valence-electron chi connectivity index (χ4n) is 5.19. The normalized spacial score (nSPS) is 19.5. The summed E-state index contributed by atoms with van der Waals surface area (Å²) in [5, 5.41) is 31.3. The maximum Gasteiger partial charge on any atom is 0.303 e. The Balaban J connectivity index is 1.59. The summed E-state index contributed by atoms with van der Waals surface area (Å²) in [6.45, 7) is 11.7. The van der Waals surface area contributed by atoms with E-state index in [0.29, 0.717) is 37.3 Å². The van der Waals surface area contributed by atoms with Crippen LogP contribution in [0.4, 0.5) is 0 Å². The Morgan fingerprint density at radius 3 is 2.59 bits per heavy atom. The minimum atomic E-state index is -0.792. The molecule has 2 heterocycles. The maximum atomic E-state index is 10.8. The van der Waals surface area contributed by atoms with Crippen molar-refractivity contribution < 1.29 is 15.0 Å². The molecule has 1 aliphatic heterocycles. The van der Waals surface area contributed by atoms with E-state index in [1.54, 1.807) is 10.7 Å². The first kappa shape index (κ1) is 26.5. The summed E-state index contributed by atoms with van der Waals surface area (Å²) < 4.78 is 1.73. The van der Waals surface area contributed by atoms with Crippen molar-refractivity contribution in [3.05, 3.63) is 72.3 Å². The number of rotatable bonds is 11. The summed E-state index contributed by atoms with van der Waals surface area (Å²) in [5.74, 6) is 0.127. The molecule has 3 aromatic rings. The zero-order valence-corrected chi connectivity index (χ0v) is 21.6. The van der Waals surface area contributed by atoms with Crippen LogP contribution in [0.25, 0.3) is 11.4 Å². The lowest BCUT2D eigenvalue weighted by Gasteiger charge is -2.47. The largest absolute Gasteiger partial charge is 0.508 e. The smallest absolute Gasteiger partial charge is 0.303 e. The molecule has 1 fully saturated rings. The highest BCUT2D eigenvalue weighted by atomic mass is 16.4. The number of aliphatic carboxylic acids is 1. The Kier molecular flexibility index (Phi) is 8.68. The van der Waals surface area contributed by atoms with E-state index in [1.807, 2.05) is 30.3 Å². The molecule has 2 N–H and O–H groups in total. The molecule has 9 heteroatoms. The van der Waals surface area contributed by atoms with Gasteiger partial charge in [0.2, 0.25) is 0 Å². The van der Waals surface area contributed by atoms with E-state index in [-0.39, 0.29) is 18.2 Å². The molecule has 4 rings (SSSR count). The number of carbonyl (C=O) groups is 1. The van der Waals surface area contributed by atoms with Crippen LogP contribution in [0.3, 0.4) is 0 Å². The van der Waals surface area contributed by atoms with Gasteiger partial charge in [-0.05, 0) is 60.4 Å². The van der Waals surface area contributed by atoms with E-state index >= 15 is 0 Å². The maximum absolute atomic E-state index is 10.8. The molecule has 0 amide bonds. The van der Waals surface area contributed by atoms with Crippen LogP contribution in [0.2, 0.25) is 0 Å². The van der Waals surface area contributed by atoms with Crippen molar-refractivity contribution in [2.45, 2.75) is 57.8 Å². The minimum Gasteiger partial charge on any atom is -0.508 e. The molecule has 1 aliphatic rings. The predicted octanol–water partition coefficient (Wildman–Crippen LogP) is 3.97. The summed E-state index contributed by atoms with van der Waals surface area (Å²) in [7, 11) is 0. The third-order valence-electron chi connectivity index (χ3n) is 7.07. The zero-order valence-electron chi connectivity index (χ0n) is 21.6. The number of phenols is 1. The fraction of sp³-hybridized carbons (Fsp3) is 0.429. The summed E-state index contributed by atoms with van der Waals surface area (Å²) >= 11 is 0. The molecule has 2 aromatic carbocycles. The Bertz CT molecular complexity index is 1190. The first-order valence-electron chi connectivity index (χ1n) is 12.8. The Morgan fingerprint density at radius 2 is 1.89 bits per heavy atom. The van der Waals surface area contributed by atoms with E-state index in [4.69, 9.17) is 5.11 Å². The number of aryl methyl sites for hydroxylation is 1. The minimum absolute atomic E-state index is 0.0171. The molecule has 37 heavy (non-hydrogen) atoms. The second-order valence-corrected chi connectivity index (χ2v) is 9.83. The highest BCUT2D eigenvalue weighted by molar-refractivity contribution is 5.66. The summed E-state index contributed by atoms with van der Waals surface area (Å²) in [6, 6.07) is 16.5. The summed E-state index contributed by atoms with van der Waals surface area (Å²) in [4.78, 5) is 15.8. The standard InChI is InChI=1S/C28H36N6O3/c1-4-15-32-18-21(3)33(19-20(32)2)27(24-8-7-9-25(35)17-24)22-11-13-23(14-12-22)28-29-30-31-34(28)16-6-5-10-26(36)37/h4,7-9,11-14,17,20-21,27,35H,1,5-6,10,15-16,18-19H2,2-3H3,(H,36,37)/t20-,21+,27-/m1/s1. The van der Waals surface area contributed by atoms with Gasteiger partial charge in [-0.3, -0.25) is 14.6 Å². The van der Waals surface area contributed by atoms with Crippen LogP contribution in [0, 0.1) is 0 Å². The molecule has 0 saturated carbocycles. The van der Waals surface area contributed by atoms with Gasteiger partial charge in [-0.2, -0.15) is 0 Å². The first-order valence-corrected chi connectivity index (χ1v) is 12.8. The number of piperazine rings is 1. The molecule has 1 saturated heterocycles. The SMILES string of the molecule is C=CCN1C[C@H](C)N([C@H](c2ccc(-c3nnnn3CCCCC(=O)O)cc2)c2cccc(O)c2)C[C@H]1C. The van der Waals surface area contributed by atoms with Gasteiger partial charge in [-0.15, -0.1) is 11.7 Å². The van der Waals surface area contributed by atoms with Gasteiger partial charge < -0.3 is 10.2 Å². The van der Waals surface area contributed by atoms with Crippen LogP contribution in [0.5, 0.6) is 5.75 Å². The average Bonchev–Trinajstić information content (AvgIpc) is 3.34. The number of tetrazole rings is 1. The van der Waals surface area contributed by atoms with Crippen LogP contribution in [0.1, 0.15) is 50.3 Å². The molecule has 3 atom stereocenters. The molecule has 0 bridgehead atoms. The van der Waals surface area contributed by atoms with E-state index in [2.05, 4.69) is 64.0 Å². The monoisotopic (exact) mass is 504 g/mol. The number of carboxylic acids is 1. The Morgan fingerprint density at radius 1 is 1.11 bits per heavy atom. The molecule has 0 radical (unpaired) electrons. The topological polar surface area (TPSA) is 108 Å². The van der Waals surface area contributed by atoms with Crippen LogP contribution < -0.4 is 0 Å². The number of nitrogens with zero attached hydrogens (tertiary/aromatic N) is 6. The van der Waals surface area contributed by atoms with Gasteiger partial charge in [-0.1, -0.05) is 42.5 Å². The van der Waals surface area contributed by atoms with Crippen molar-refractivity contribution in [1.82, 2.24) is 30.0 Å². The van der Waals surface area contributed by atoms with Gasteiger partial charge in [0.05, 0.1) is 6.04 Å². The number of aromatic nitrogens is 4. The fourth-order valence-corrected chi connectivity index (χ4v) is 5.19. The lowest BCUT2D eigenvalue weighted by molar-refractivity contribution is -0.137. The number of hydrogen-bond acceptors (Lipinski definition) is 7. The number of phenolic OH excluding ortho intramolecular Hbond substituents is 1. The average molecular weight is 505 g/mol. The molecule has 0 unspecified atom stereocenters. The van der Waals surface area contributed by atoms with Gasteiger partial charge in [0, 0.05) is 50.2 Å². The Labute approximate surface area is 218 Å². The summed E-state index contributed by atoms with van der Waals surface area (Å²) in [6.07, 6.45) is 3.37. The second kappa shape index (κ2) is 12.1. The third kappa shape index (κ3) is 6.42. The molecule has 196 valence electrons. The van der Waals surface area contributed by atoms with E-state index in [9.17, 15) is 9.90 Å². The molecular formula is C28H36N6O3. The van der Waals surface area contributed by atoms with Gasteiger partial charge >= 0.3 is 5.97 Å². The second-order valence-electron chi connectivity index (χ2n) is 9.83. The lowest BCUT2D eigenvalue weighted by Crippen LogP contribution is -2.57. The van der Waals surface area contributed by atoms with Crippen LogP contribution in [-0.2, 0) is 11.3 Å². The predicted molar refractivity (Wildman–Crippen MR) is 142 cm³/mol. The zero-order chi connectivity index (χ0) is 26.4. The van der Waals surface area contributed by atoms with Crippen molar-refractivity contribution in [3.63, 3.8) is 0 Å². The quantitative estimate of drug-likeness (QED) is 0.298. The molecule has 0 aliphatic carbocycles. The first-order chi connectivity index (χ1) is 17.9. The van der Waals surface area contributed by atoms with E-state index < -0.39 is 5.97 Å². The number of benzene rings is 2. The highest BCUT2D eigenvalue weighted by Crippen LogP contribution is 2.35. The van der Waals surface area contributed by atoms with Gasteiger partial charge in [0.15, 0.2) is 5.82 Å². The van der Waals surface area contributed by atoms with Crippen molar-refractivity contribution >= 4 is 5.97 Å².